The summed E-state index contributed by atoms with van der Waals surface area (Å²) in [6.45, 7) is 5.12. The highest BCUT2D eigenvalue weighted by Gasteiger charge is 2.18. The largest absolute Gasteiger partial charge is 0.326 e. The molecule has 1 N–H and O–H groups in total. The van der Waals surface area contributed by atoms with Gasteiger partial charge in [-0.2, -0.15) is 5.26 Å². The molecule has 0 saturated carbocycles. The topological polar surface area (TPSA) is 70.0 Å². The molecule has 0 bridgehead atoms. The molecule has 0 saturated heterocycles. The highest BCUT2D eigenvalue weighted by Crippen LogP contribution is 2.21. The van der Waals surface area contributed by atoms with Crippen LogP contribution in [0, 0.1) is 16.7 Å². The van der Waals surface area contributed by atoms with Crippen molar-refractivity contribution in [1.82, 2.24) is 0 Å². The van der Waals surface area contributed by atoms with E-state index in [1.807, 2.05) is 13.8 Å². The van der Waals surface area contributed by atoms with Crippen LogP contribution in [0.2, 0.25) is 0 Å². The van der Waals surface area contributed by atoms with Gasteiger partial charge in [0.25, 0.3) is 0 Å². The lowest BCUT2D eigenvalue weighted by atomic mass is 9.93. The van der Waals surface area contributed by atoms with E-state index >= 15 is 0 Å². The molecule has 5 heteroatoms. The molecule has 19 heavy (non-hydrogen) atoms. The first-order valence-corrected chi connectivity index (χ1v) is 7.33. The van der Waals surface area contributed by atoms with Gasteiger partial charge in [-0.3, -0.25) is 9.00 Å². The van der Waals surface area contributed by atoms with Gasteiger partial charge in [0, 0.05) is 23.3 Å². The Morgan fingerprint density at radius 1 is 1.37 bits per heavy atom. The van der Waals surface area contributed by atoms with Crippen LogP contribution in [0.15, 0.2) is 29.2 Å². The fourth-order valence-electron chi connectivity index (χ4n) is 1.41. The van der Waals surface area contributed by atoms with Crippen LogP contribution in [-0.2, 0) is 15.6 Å². The standard InChI is InChI=1S/C14H18N2O2S/c1-11(17)16-12-4-6-13(7-5-12)19(18)9-8-14(2,3)10-15/h4-7H,8-9H2,1-3H3,(H,16,17)/t19-/m1/s1. The number of rotatable bonds is 5. The molecule has 0 aliphatic carbocycles. The zero-order valence-electron chi connectivity index (χ0n) is 11.4. The molecule has 0 aliphatic rings. The molecule has 0 spiro atoms. The number of amides is 1. The van der Waals surface area contributed by atoms with Gasteiger partial charge < -0.3 is 5.32 Å². The van der Waals surface area contributed by atoms with Crippen molar-refractivity contribution in [3.8, 4) is 6.07 Å². The summed E-state index contributed by atoms with van der Waals surface area (Å²) in [5, 5.41) is 11.6. The molecule has 0 unspecified atom stereocenters. The monoisotopic (exact) mass is 278 g/mol. The number of nitrogens with one attached hydrogen (secondary N) is 1. The molecule has 102 valence electrons. The molecule has 0 radical (unpaired) electrons. The Balaban J connectivity index is 2.64. The quantitative estimate of drug-likeness (QED) is 0.900. The minimum absolute atomic E-state index is 0.135. The highest BCUT2D eigenvalue weighted by molar-refractivity contribution is 7.85. The normalized spacial score (nSPS) is 12.5. The lowest BCUT2D eigenvalue weighted by Gasteiger charge is -2.14. The number of hydrogen-bond acceptors (Lipinski definition) is 3. The fourth-order valence-corrected chi connectivity index (χ4v) is 2.79. The average molecular weight is 278 g/mol. The summed E-state index contributed by atoms with van der Waals surface area (Å²) in [7, 11) is -1.12. The first kappa shape index (κ1) is 15.4. The zero-order chi connectivity index (χ0) is 14.5. The molecule has 1 atom stereocenters. The summed E-state index contributed by atoms with van der Waals surface area (Å²) >= 11 is 0. The lowest BCUT2D eigenvalue weighted by molar-refractivity contribution is -0.114. The predicted molar refractivity (Wildman–Crippen MR) is 76.0 cm³/mol. The second-order valence-electron chi connectivity index (χ2n) is 5.00. The third-order valence-electron chi connectivity index (χ3n) is 2.65. The van der Waals surface area contributed by atoms with E-state index in [2.05, 4.69) is 11.4 Å². The van der Waals surface area contributed by atoms with Crippen molar-refractivity contribution in [3.05, 3.63) is 24.3 Å². The Kier molecular flexibility index (Phi) is 5.25. The number of anilines is 1. The van der Waals surface area contributed by atoms with E-state index < -0.39 is 16.2 Å². The van der Waals surface area contributed by atoms with Crippen LogP contribution in [0.4, 0.5) is 5.69 Å². The van der Waals surface area contributed by atoms with E-state index in [-0.39, 0.29) is 5.91 Å². The number of nitriles is 1. The third-order valence-corrected chi connectivity index (χ3v) is 4.03. The predicted octanol–water partition coefficient (Wildman–Crippen LogP) is 2.69. The maximum Gasteiger partial charge on any atom is 0.221 e. The van der Waals surface area contributed by atoms with Crippen LogP contribution >= 0.6 is 0 Å². The Morgan fingerprint density at radius 2 is 1.95 bits per heavy atom. The number of nitrogens with zero attached hydrogens (tertiary/aromatic N) is 1. The minimum atomic E-state index is -1.12. The fraction of sp³-hybridized carbons (Fsp3) is 0.429. The maximum atomic E-state index is 12.1. The van der Waals surface area contributed by atoms with E-state index in [1.54, 1.807) is 24.3 Å². The van der Waals surface area contributed by atoms with Gasteiger partial charge in [-0.05, 0) is 44.5 Å². The second kappa shape index (κ2) is 6.48. The van der Waals surface area contributed by atoms with E-state index in [9.17, 15) is 9.00 Å². The van der Waals surface area contributed by atoms with E-state index in [4.69, 9.17) is 5.26 Å². The van der Waals surface area contributed by atoms with Gasteiger partial charge in [0.1, 0.15) is 0 Å². The number of hydrogen-bond donors (Lipinski definition) is 1. The van der Waals surface area contributed by atoms with E-state index in [1.165, 1.54) is 6.92 Å². The second-order valence-corrected chi connectivity index (χ2v) is 6.57. The van der Waals surface area contributed by atoms with E-state index in [0.29, 0.717) is 22.8 Å². The first-order valence-electron chi connectivity index (χ1n) is 6.01. The van der Waals surface area contributed by atoms with Crippen LogP contribution in [0.5, 0.6) is 0 Å². The van der Waals surface area contributed by atoms with Crippen molar-refractivity contribution in [1.29, 1.82) is 5.26 Å². The molecule has 0 fully saturated rings. The molecule has 1 amide bonds. The smallest absolute Gasteiger partial charge is 0.221 e. The number of carbonyl (C=O) groups excluding carboxylic acids is 1. The van der Waals surface area contributed by atoms with Gasteiger partial charge >= 0.3 is 0 Å². The Morgan fingerprint density at radius 3 is 2.42 bits per heavy atom. The van der Waals surface area contributed by atoms with Crippen molar-refractivity contribution in [2.75, 3.05) is 11.1 Å². The van der Waals surface area contributed by atoms with Gasteiger partial charge in [-0.1, -0.05) is 0 Å². The Labute approximate surface area is 116 Å². The molecule has 1 rings (SSSR count). The lowest BCUT2D eigenvalue weighted by Crippen LogP contribution is -2.13. The summed E-state index contributed by atoms with van der Waals surface area (Å²) in [4.78, 5) is 11.6. The average Bonchev–Trinajstić information content (AvgIpc) is 2.36. The van der Waals surface area contributed by atoms with Crippen LogP contribution in [0.25, 0.3) is 0 Å². The Bertz CT molecular complexity index is 515. The van der Waals surface area contributed by atoms with Gasteiger partial charge in [0.05, 0.1) is 22.3 Å². The van der Waals surface area contributed by atoms with Crippen molar-refractivity contribution < 1.29 is 9.00 Å². The maximum absolute atomic E-state index is 12.1. The molecule has 1 aromatic rings. The summed E-state index contributed by atoms with van der Waals surface area (Å²) in [6.07, 6.45) is 0.587. The van der Waals surface area contributed by atoms with Crippen molar-refractivity contribution in [3.63, 3.8) is 0 Å². The summed E-state index contributed by atoms with van der Waals surface area (Å²) < 4.78 is 12.1. The number of benzene rings is 1. The van der Waals surface area contributed by atoms with Crippen molar-refractivity contribution in [2.45, 2.75) is 32.1 Å². The molecule has 4 nitrogen and oxygen atoms in total. The van der Waals surface area contributed by atoms with Gasteiger partial charge in [-0.15, -0.1) is 0 Å². The third kappa shape index (κ3) is 5.23. The van der Waals surface area contributed by atoms with Crippen LogP contribution < -0.4 is 5.32 Å². The molecular weight excluding hydrogens is 260 g/mol. The molecule has 1 aromatic carbocycles. The zero-order valence-corrected chi connectivity index (χ0v) is 12.2. The van der Waals surface area contributed by atoms with Gasteiger partial charge in [0.15, 0.2) is 0 Å². The van der Waals surface area contributed by atoms with Crippen molar-refractivity contribution in [2.24, 2.45) is 5.41 Å². The first-order chi connectivity index (χ1) is 8.84. The Hall–Kier alpha value is -1.67. The van der Waals surface area contributed by atoms with Gasteiger partial charge in [-0.25, -0.2) is 0 Å². The van der Waals surface area contributed by atoms with E-state index in [0.717, 1.165) is 0 Å². The van der Waals surface area contributed by atoms with Crippen molar-refractivity contribution >= 4 is 22.4 Å². The molecule has 0 aromatic heterocycles. The van der Waals surface area contributed by atoms with Gasteiger partial charge in [0.2, 0.25) is 5.91 Å². The molecule has 0 heterocycles. The van der Waals surface area contributed by atoms with Crippen LogP contribution in [0.1, 0.15) is 27.2 Å². The van der Waals surface area contributed by atoms with Crippen LogP contribution in [-0.4, -0.2) is 15.9 Å². The number of carbonyl (C=O) groups is 1. The minimum Gasteiger partial charge on any atom is -0.326 e. The SMILES string of the molecule is CC(=O)Nc1ccc([S@](=O)CCC(C)(C)C#N)cc1. The van der Waals surface area contributed by atoms with Crippen LogP contribution in [0.3, 0.4) is 0 Å². The highest BCUT2D eigenvalue weighted by atomic mass is 32.2. The summed E-state index contributed by atoms with van der Waals surface area (Å²) in [6, 6.07) is 9.12. The molecule has 0 aliphatic heterocycles. The summed E-state index contributed by atoms with van der Waals surface area (Å²) in [5.41, 5.74) is 0.233. The molecular formula is C14H18N2O2S. The summed E-state index contributed by atoms with van der Waals surface area (Å²) in [5.74, 6) is 0.324.